The maximum atomic E-state index is 4.96. The topological polar surface area (TPSA) is 30.7 Å². The number of para-hydroxylation sites is 2. The zero-order chi connectivity index (χ0) is 17.2. The van der Waals surface area contributed by atoms with Gasteiger partial charge in [0.2, 0.25) is 0 Å². The van der Waals surface area contributed by atoms with E-state index in [0.29, 0.717) is 0 Å². The Bertz CT molecular complexity index is 1030. The summed E-state index contributed by atoms with van der Waals surface area (Å²) < 4.78 is 2.37. The Hall–Kier alpha value is -2.42. The molecule has 0 aliphatic carbocycles. The summed E-state index contributed by atoms with van der Waals surface area (Å²) in [6, 6.07) is 14.8. The Balaban J connectivity index is 1.84. The van der Waals surface area contributed by atoms with Gasteiger partial charge in [0.25, 0.3) is 0 Å². The molecule has 0 unspecified atom stereocenters. The van der Waals surface area contributed by atoms with E-state index in [0.717, 1.165) is 28.7 Å². The molecule has 0 bridgehead atoms. The third kappa shape index (κ3) is 2.99. The summed E-state index contributed by atoms with van der Waals surface area (Å²) in [6.07, 6.45) is 6.41. The van der Waals surface area contributed by atoms with Crippen LogP contribution in [-0.4, -0.2) is 14.5 Å². The van der Waals surface area contributed by atoms with Gasteiger partial charge in [-0.2, -0.15) is 0 Å². The monoisotopic (exact) mass is 331 g/mol. The molecule has 0 N–H and O–H groups in total. The van der Waals surface area contributed by atoms with Crippen LogP contribution in [0.4, 0.5) is 0 Å². The largest absolute Gasteiger partial charge is 0.324 e. The summed E-state index contributed by atoms with van der Waals surface area (Å²) in [5.41, 5.74) is 6.52. The molecule has 0 atom stereocenters. The van der Waals surface area contributed by atoms with Crippen molar-refractivity contribution >= 4 is 33.1 Å². The van der Waals surface area contributed by atoms with Gasteiger partial charge in [0.1, 0.15) is 5.52 Å². The van der Waals surface area contributed by atoms with Crippen molar-refractivity contribution in [3.8, 4) is 0 Å². The smallest absolute Gasteiger partial charge is 0.160 e. The number of fused-ring (bicyclic) bond motifs is 4. The Kier molecular flexibility index (Phi) is 4.39. The molecular weight excluding hydrogens is 306 g/mol. The van der Waals surface area contributed by atoms with E-state index in [2.05, 4.69) is 42.7 Å². The summed E-state index contributed by atoms with van der Waals surface area (Å²) in [5, 5.41) is 1.22. The van der Waals surface area contributed by atoms with Crippen LogP contribution < -0.4 is 0 Å². The summed E-state index contributed by atoms with van der Waals surface area (Å²) in [5.74, 6) is 0. The van der Waals surface area contributed by atoms with Crippen molar-refractivity contribution in [1.82, 2.24) is 14.5 Å². The Morgan fingerprint density at radius 3 is 2.44 bits per heavy atom. The Morgan fingerprint density at radius 1 is 0.880 bits per heavy atom. The van der Waals surface area contributed by atoms with Crippen molar-refractivity contribution in [2.45, 2.75) is 52.5 Å². The van der Waals surface area contributed by atoms with Crippen molar-refractivity contribution < 1.29 is 0 Å². The average Bonchev–Trinajstić information content (AvgIpc) is 2.92. The molecule has 0 fully saturated rings. The van der Waals surface area contributed by atoms with Crippen LogP contribution in [0.5, 0.6) is 0 Å². The first-order valence-corrected chi connectivity index (χ1v) is 9.43. The fraction of sp³-hybridized carbons (Fsp3) is 0.364. The van der Waals surface area contributed by atoms with E-state index in [1.54, 1.807) is 0 Å². The molecule has 0 spiro atoms. The van der Waals surface area contributed by atoms with Gasteiger partial charge in [0, 0.05) is 11.9 Å². The Morgan fingerprint density at radius 2 is 1.64 bits per heavy atom. The third-order valence-corrected chi connectivity index (χ3v) is 4.99. The standard InChI is InChI=1S/C22H25N3/c1-3-4-5-6-9-14-25-20-13-12-16(2)15-17(20)21-22(25)24-19-11-8-7-10-18(19)23-21/h7-8,10-13,15H,3-6,9,14H2,1-2H3. The van der Waals surface area contributed by atoms with Crippen LogP contribution in [-0.2, 0) is 6.54 Å². The highest BCUT2D eigenvalue weighted by atomic mass is 15.1. The molecule has 0 saturated heterocycles. The zero-order valence-corrected chi connectivity index (χ0v) is 15.1. The molecule has 25 heavy (non-hydrogen) atoms. The van der Waals surface area contributed by atoms with E-state index in [9.17, 15) is 0 Å². The van der Waals surface area contributed by atoms with Gasteiger partial charge in [-0.15, -0.1) is 0 Å². The fourth-order valence-corrected chi connectivity index (χ4v) is 3.65. The summed E-state index contributed by atoms with van der Waals surface area (Å²) in [4.78, 5) is 9.90. The predicted molar refractivity (Wildman–Crippen MR) is 106 cm³/mol. The Labute approximate surface area is 148 Å². The van der Waals surface area contributed by atoms with E-state index >= 15 is 0 Å². The van der Waals surface area contributed by atoms with Crippen molar-refractivity contribution in [2.24, 2.45) is 0 Å². The fourth-order valence-electron chi connectivity index (χ4n) is 3.65. The highest BCUT2D eigenvalue weighted by Crippen LogP contribution is 2.29. The van der Waals surface area contributed by atoms with Crippen molar-refractivity contribution in [2.75, 3.05) is 0 Å². The first kappa shape index (κ1) is 16.1. The van der Waals surface area contributed by atoms with Crippen LogP contribution in [0, 0.1) is 6.92 Å². The number of unbranched alkanes of at least 4 members (excludes halogenated alkanes) is 4. The first-order valence-electron chi connectivity index (χ1n) is 9.43. The number of nitrogens with zero attached hydrogens (tertiary/aromatic N) is 3. The maximum absolute atomic E-state index is 4.96. The van der Waals surface area contributed by atoms with E-state index in [1.165, 1.54) is 48.6 Å². The first-order chi connectivity index (χ1) is 12.3. The lowest BCUT2D eigenvalue weighted by Gasteiger charge is -2.07. The SMILES string of the molecule is CCCCCCCn1c2ccc(C)cc2c2nc3ccccc3nc21. The third-order valence-electron chi connectivity index (χ3n) is 4.99. The van der Waals surface area contributed by atoms with Crippen molar-refractivity contribution in [3.05, 3.63) is 48.0 Å². The minimum Gasteiger partial charge on any atom is -0.324 e. The van der Waals surface area contributed by atoms with Crippen LogP contribution in [0.2, 0.25) is 0 Å². The van der Waals surface area contributed by atoms with Crippen LogP contribution in [0.1, 0.15) is 44.6 Å². The lowest BCUT2D eigenvalue weighted by Crippen LogP contribution is -2.00. The summed E-state index contributed by atoms with van der Waals surface area (Å²) >= 11 is 0. The minimum absolute atomic E-state index is 0.971. The number of aromatic nitrogens is 3. The molecule has 0 amide bonds. The second kappa shape index (κ2) is 6.83. The normalized spacial score (nSPS) is 11.8. The van der Waals surface area contributed by atoms with Crippen LogP contribution in [0.15, 0.2) is 42.5 Å². The van der Waals surface area contributed by atoms with Gasteiger partial charge in [-0.3, -0.25) is 0 Å². The molecule has 3 nitrogen and oxygen atoms in total. The second-order valence-electron chi connectivity index (χ2n) is 6.97. The summed E-state index contributed by atoms with van der Waals surface area (Å²) in [6.45, 7) is 5.41. The molecule has 2 heterocycles. The van der Waals surface area contributed by atoms with E-state index in [1.807, 2.05) is 18.2 Å². The summed E-state index contributed by atoms with van der Waals surface area (Å²) in [7, 11) is 0. The van der Waals surface area contributed by atoms with E-state index in [4.69, 9.17) is 9.97 Å². The van der Waals surface area contributed by atoms with Crippen molar-refractivity contribution in [1.29, 1.82) is 0 Å². The van der Waals surface area contributed by atoms with Gasteiger partial charge in [0.15, 0.2) is 5.65 Å². The number of rotatable bonds is 6. The minimum atomic E-state index is 0.971. The molecule has 0 radical (unpaired) electrons. The van der Waals surface area contributed by atoms with Gasteiger partial charge >= 0.3 is 0 Å². The quantitative estimate of drug-likeness (QED) is 0.405. The molecule has 2 aromatic carbocycles. The van der Waals surface area contributed by atoms with E-state index in [-0.39, 0.29) is 0 Å². The average molecular weight is 331 g/mol. The van der Waals surface area contributed by atoms with Gasteiger partial charge in [0.05, 0.1) is 16.6 Å². The molecule has 4 aromatic rings. The highest BCUT2D eigenvalue weighted by Gasteiger charge is 2.14. The van der Waals surface area contributed by atoms with Crippen LogP contribution >= 0.6 is 0 Å². The predicted octanol–water partition coefficient (Wildman–Crippen LogP) is 6.02. The molecule has 4 rings (SSSR count). The zero-order valence-electron chi connectivity index (χ0n) is 15.1. The molecule has 3 heteroatoms. The molecule has 128 valence electrons. The van der Waals surface area contributed by atoms with Crippen LogP contribution in [0.3, 0.4) is 0 Å². The number of benzene rings is 2. The lowest BCUT2D eigenvalue weighted by atomic mass is 10.1. The number of aryl methyl sites for hydroxylation is 2. The van der Waals surface area contributed by atoms with Gasteiger partial charge in [-0.25, -0.2) is 9.97 Å². The lowest BCUT2D eigenvalue weighted by molar-refractivity contribution is 0.583. The molecule has 0 aliphatic rings. The molecular formula is C22H25N3. The van der Waals surface area contributed by atoms with E-state index < -0.39 is 0 Å². The number of hydrogen-bond acceptors (Lipinski definition) is 2. The van der Waals surface area contributed by atoms with Gasteiger partial charge in [-0.05, 0) is 37.6 Å². The molecule has 0 saturated carbocycles. The second-order valence-corrected chi connectivity index (χ2v) is 6.97. The van der Waals surface area contributed by atoms with Crippen molar-refractivity contribution in [3.63, 3.8) is 0 Å². The van der Waals surface area contributed by atoms with Gasteiger partial charge < -0.3 is 4.57 Å². The molecule has 2 aromatic heterocycles. The number of hydrogen-bond donors (Lipinski definition) is 0. The highest BCUT2D eigenvalue weighted by molar-refractivity contribution is 6.06. The maximum Gasteiger partial charge on any atom is 0.160 e. The molecule has 0 aliphatic heterocycles. The van der Waals surface area contributed by atoms with Crippen LogP contribution in [0.25, 0.3) is 33.1 Å². The van der Waals surface area contributed by atoms with Gasteiger partial charge in [-0.1, -0.05) is 56.4 Å².